The van der Waals surface area contributed by atoms with Gasteiger partial charge in [-0.2, -0.15) is 4.98 Å². The van der Waals surface area contributed by atoms with Crippen LogP contribution in [0, 0.1) is 13.8 Å². The molecule has 0 N–H and O–H groups in total. The molecular weight excluding hydrogens is 362 g/mol. The van der Waals surface area contributed by atoms with Crippen LogP contribution >= 0.6 is 0 Å². The number of imidazole rings is 2. The van der Waals surface area contributed by atoms with Crippen molar-refractivity contribution in [3.63, 3.8) is 0 Å². The van der Waals surface area contributed by atoms with Crippen LogP contribution in [0.2, 0.25) is 0 Å². The average molecular weight is 385 g/mol. The van der Waals surface area contributed by atoms with Crippen LogP contribution in [0.5, 0.6) is 0 Å². The van der Waals surface area contributed by atoms with Crippen molar-refractivity contribution in [3.8, 4) is 0 Å². The fourth-order valence-corrected chi connectivity index (χ4v) is 3.56. The zero-order valence-corrected chi connectivity index (χ0v) is 16.4. The maximum atomic E-state index is 13.2. The lowest BCUT2D eigenvalue weighted by Gasteiger charge is -2.08. The van der Waals surface area contributed by atoms with E-state index < -0.39 is 5.69 Å². The molecule has 4 aromatic rings. The Hall–Kier alpha value is -3.07. The molecule has 28 heavy (non-hydrogen) atoms. The molecule has 0 aliphatic rings. The minimum Gasteiger partial charge on any atom is -0.467 e. The molecule has 4 aromatic heterocycles. The molecule has 0 amide bonds. The summed E-state index contributed by atoms with van der Waals surface area (Å²) in [5, 5.41) is 0. The van der Waals surface area contributed by atoms with Gasteiger partial charge < -0.3 is 13.7 Å². The van der Waals surface area contributed by atoms with Crippen LogP contribution < -0.4 is 11.2 Å². The van der Waals surface area contributed by atoms with Crippen molar-refractivity contribution in [3.05, 3.63) is 56.4 Å². The molecule has 0 saturated carbocycles. The number of aryl methyl sites for hydroxylation is 2. The fraction of sp³-hybridized carbons (Fsp3) is 0.421. The Morgan fingerprint density at radius 1 is 1.18 bits per heavy atom. The Bertz CT molecular complexity index is 1270. The summed E-state index contributed by atoms with van der Waals surface area (Å²) >= 11 is 0. The zero-order valence-electron chi connectivity index (χ0n) is 16.4. The van der Waals surface area contributed by atoms with Gasteiger partial charge in [-0.25, -0.2) is 4.79 Å². The van der Waals surface area contributed by atoms with E-state index in [4.69, 9.17) is 9.15 Å². The minimum absolute atomic E-state index is 0.202. The van der Waals surface area contributed by atoms with Gasteiger partial charge in [-0.15, -0.1) is 0 Å². The fourth-order valence-electron chi connectivity index (χ4n) is 3.56. The third kappa shape index (κ3) is 2.62. The van der Waals surface area contributed by atoms with Crippen LogP contribution in [0.3, 0.4) is 0 Å². The lowest BCUT2D eigenvalue weighted by Crippen LogP contribution is -2.40. The molecule has 0 aliphatic heterocycles. The van der Waals surface area contributed by atoms with Crippen molar-refractivity contribution >= 4 is 16.9 Å². The molecule has 0 bridgehead atoms. The highest BCUT2D eigenvalue weighted by molar-refractivity contribution is 5.76. The van der Waals surface area contributed by atoms with E-state index in [0.29, 0.717) is 36.7 Å². The molecule has 148 valence electrons. The van der Waals surface area contributed by atoms with Crippen molar-refractivity contribution in [2.24, 2.45) is 7.05 Å². The Morgan fingerprint density at radius 2 is 1.96 bits per heavy atom. The second-order valence-electron chi connectivity index (χ2n) is 6.75. The topological polar surface area (TPSA) is 88.6 Å². The van der Waals surface area contributed by atoms with Crippen LogP contribution in [0.1, 0.15) is 24.1 Å². The molecule has 0 spiro atoms. The number of furan rings is 1. The molecule has 0 aliphatic carbocycles. The average Bonchev–Trinajstić information content (AvgIpc) is 3.37. The first kappa shape index (κ1) is 18.3. The van der Waals surface area contributed by atoms with Crippen LogP contribution in [-0.4, -0.2) is 36.3 Å². The van der Waals surface area contributed by atoms with Crippen molar-refractivity contribution in [2.45, 2.75) is 33.9 Å². The molecule has 9 nitrogen and oxygen atoms in total. The first-order valence-corrected chi connectivity index (χ1v) is 9.23. The molecular formula is C19H23N5O4. The van der Waals surface area contributed by atoms with Crippen molar-refractivity contribution in [2.75, 3.05) is 13.2 Å². The highest BCUT2D eigenvalue weighted by Crippen LogP contribution is 2.21. The third-order valence-electron chi connectivity index (χ3n) is 5.19. The molecule has 4 rings (SSSR count). The number of rotatable bonds is 6. The van der Waals surface area contributed by atoms with Crippen molar-refractivity contribution in [1.29, 1.82) is 0 Å². The highest BCUT2D eigenvalue weighted by atomic mass is 16.5. The molecule has 0 radical (unpaired) electrons. The largest absolute Gasteiger partial charge is 0.467 e. The number of hydrogen-bond donors (Lipinski definition) is 0. The van der Waals surface area contributed by atoms with E-state index in [0.717, 1.165) is 17.1 Å². The van der Waals surface area contributed by atoms with E-state index in [1.165, 1.54) is 9.13 Å². The van der Waals surface area contributed by atoms with Gasteiger partial charge in [0.2, 0.25) is 5.78 Å². The summed E-state index contributed by atoms with van der Waals surface area (Å²) < 4.78 is 17.2. The second kappa shape index (κ2) is 6.83. The normalized spacial score (nSPS) is 11.9. The van der Waals surface area contributed by atoms with Crippen molar-refractivity contribution in [1.82, 2.24) is 23.1 Å². The van der Waals surface area contributed by atoms with Gasteiger partial charge in [-0.05, 0) is 32.9 Å². The number of aromatic nitrogens is 5. The molecule has 0 unspecified atom stereocenters. The number of hydrogen-bond acceptors (Lipinski definition) is 5. The first-order chi connectivity index (χ1) is 13.5. The van der Waals surface area contributed by atoms with E-state index in [1.807, 2.05) is 41.9 Å². The number of fused-ring (bicyclic) bond motifs is 3. The standard InChI is InChI=1S/C19H23N5O4/c1-5-27-10-8-22-17(25)15-16(21(4)19(22)26)20-18-23(11-14-7-6-9-28-14)12(2)13(3)24(15)18/h6-7,9H,5,8,10-11H2,1-4H3. The van der Waals surface area contributed by atoms with Gasteiger partial charge in [0.05, 0.1) is 26.0 Å². The van der Waals surface area contributed by atoms with Crippen LogP contribution in [0.15, 0.2) is 32.4 Å². The van der Waals surface area contributed by atoms with E-state index in [1.54, 1.807) is 13.3 Å². The van der Waals surface area contributed by atoms with Gasteiger partial charge >= 0.3 is 5.69 Å². The smallest absolute Gasteiger partial charge is 0.332 e. The summed E-state index contributed by atoms with van der Waals surface area (Å²) in [7, 11) is 1.63. The maximum Gasteiger partial charge on any atom is 0.332 e. The van der Waals surface area contributed by atoms with Gasteiger partial charge in [-0.1, -0.05) is 0 Å². The zero-order chi connectivity index (χ0) is 20.0. The van der Waals surface area contributed by atoms with Gasteiger partial charge in [0.1, 0.15) is 5.76 Å². The lowest BCUT2D eigenvalue weighted by atomic mass is 10.3. The summed E-state index contributed by atoms with van der Waals surface area (Å²) in [6.45, 7) is 7.32. The highest BCUT2D eigenvalue weighted by Gasteiger charge is 2.22. The van der Waals surface area contributed by atoms with E-state index in [-0.39, 0.29) is 12.1 Å². The van der Waals surface area contributed by atoms with Crippen molar-refractivity contribution < 1.29 is 9.15 Å². The third-order valence-corrected chi connectivity index (χ3v) is 5.19. The van der Waals surface area contributed by atoms with E-state index >= 15 is 0 Å². The van der Waals surface area contributed by atoms with Gasteiger partial charge in [-0.3, -0.25) is 18.3 Å². The number of nitrogens with zero attached hydrogens (tertiary/aromatic N) is 5. The Balaban J connectivity index is 1.99. The maximum absolute atomic E-state index is 13.2. The molecule has 0 saturated heterocycles. The molecule has 9 heteroatoms. The van der Waals surface area contributed by atoms with Crippen LogP contribution in [0.25, 0.3) is 16.9 Å². The SMILES string of the molecule is CCOCCn1c(=O)c2c(nc3n(Cc4ccco4)c(C)c(C)n23)n(C)c1=O. The summed E-state index contributed by atoms with van der Waals surface area (Å²) in [4.78, 5) is 30.5. The summed E-state index contributed by atoms with van der Waals surface area (Å²) in [5.74, 6) is 1.40. The Labute approximate surface area is 160 Å². The van der Waals surface area contributed by atoms with E-state index in [2.05, 4.69) is 4.98 Å². The molecule has 0 atom stereocenters. The quantitative estimate of drug-likeness (QED) is 0.469. The molecule has 0 aromatic carbocycles. The van der Waals surface area contributed by atoms with Crippen LogP contribution in [0.4, 0.5) is 0 Å². The molecule has 0 fully saturated rings. The predicted molar refractivity (Wildman–Crippen MR) is 104 cm³/mol. The van der Waals surface area contributed by atoms with Crippen LogP contribution in [-0.2, 0) is 24.9 Å². The monoisotopic (exact) mass is 385 g/mol. The first-order valence-electron chi connectivity index (χ1n) is 9.23. The summed E-state index contributed by atoms with van der Waals surface area (Å²) in [5.41, 5.74) is 1.89. The van der Waals surface area contributed by atoms with Gasteiger partial charge in [0, 0.05) is 25.0 Å². The van der Waals surface area contributed by atoms with Gasteiger partial charge in [0.15, 0.2) is 11.2 Å². The Morgan fingerprint density at radius 3 is 2.64 bits per heavy atom. The number of ether oxygens (including phenoxy) is 1. The summed E-state index contributed by atoms with van der Waals surface area (Å²) in [6, 6.07) is 3.73. The lowest BCUT2D eigenvalue weighted by molar-refractivity contribution is 0.137. The van der Waals surface area contributed by atoms with Gasteiger partial charge in [0.25, 0.3) is 5.56 Å². The second-order valence-corrected chi connectivity index (χ2v) is 6.75. The Kier molecular flexibility index (Phi) is 4.46. The summed E-state index contributed by atoms with van der Waals surface area (Å²) in [6.07, 6.45) is 1.63. The minimum atomic E-state index is -0.398. The predicted octanol–water partition coefficient (Wildman–Crippen LogP) is 1.44. The van der Waals surface area contributed by atoms with E-state index in [9.17, 15) is 9.59 Å². The molecule has 4 heterocycles.